The number of hydrogen-bond acceptors (Lipinski definition) is 4. The highest BCUT2D eigenvalue weighted by Gasteiger charge is 2.27. The van der Waals surface area contributed by atoms with Crippen molar-refractivity contribution in [1.29, 1.82) is 0 Å². The van der Waals surface area contributed by atoms with Crippen LogP contribution in [0.3, 0.4) is 0 Å². The molecule has 0 spiro atoms. The summed E-state index contributed by atoms with van der Waals surface area (Å²) in [6.07, 6.45) is 3.24. The van der Waals surface area contributed by atoms with Crippen molar-refractivity contribution in [2.45, 2.75) is 38.6 Å². The Labute approximate surface area is 143 Å². The van der Waals surface area contributed by atoms with Crippen molar-refractivity contribution in [2.24, 2.45) is 5.92 Å². The van der Waals surface area contributed by atoms with Crippen LogP contribution >= 0.6 is 12.4 Å². The van der Waals surface area contributed by atoms with Crippen LogP contribution in [0.1, 0.15) is 32.6 Å². The van der Waals surface area contributed by atoms with Crippen molar-refractivity contribution in [3.8, 4) is 0 Å². The van der Waals surface area contributed by atoms with Gasteiger partial charge in [-0.3, -0.25) is 9.59 Å². The molecule has 5 nitrogen and oxygen atoms in total. The first-order chi connectivity index (χ1) is 10.7. The molecule has 2 rings (SSSR count). The number of anilines is 1. The number of carbonyl (C=O) groups excluding carboxylic acids is 2. The molecule has 6 heteroatoms. The van der Waals surface area contributed by atoms with E-state index < -0.39 is 0 Å². The molecule has 0 radical (unpaired) electrons. The van der Waals surface area contributed by atoms with E-state index in [1.165, 1.54) is 0 Å². The van der Waals surface area contributed by atoms with Gasteiger partial charge in [0.1, 0.15) is 0 Å². The number of benzene rings is 1. The van der Waals surface area contributed by atoms with E-state index in [1.54, 1.807) is 0 Å². The van der Waals surface area contributed by atoms with Crippen LogP contribution in [-0.4, -0.2) is 31.1 Å². The Balaban J connectivity index is 0.00000264. The molecule has 128 valence electrons. The fraction of sp³-hybridized carbons (Fsp3) is 0.529. The molecule has 1 aromatic rings. The lowest BCUT2D eigenvalue weighted by atomic mass is 9.86. The van der Waals surface area contributed by atoms with Crippen molar-refractivity contribution in [2.75, 3.05) is 18.5 Å². The summed E-state index contributed by atoms with van der Waals surface area (Å²) in [4.78, 5) is 23.6. The van der Waals surface area contributed by atoms with E-state index in [-0.39, 0.29) is 42.8 Å². The molecule has 1 fully saturated rings. The Hall–Kier alpha value is -1.75. The van der Waals surface area contributed by atoms with E-state index in [4.69, 9.17) is 4.74 Å². The number of amides is 1. The highest BCUT2D eigenvalue weighted by Crippen LogP contribution is 2.25. The topological polar surface area (TPSA) is 67.4 Å². The smallest absolute Gasteiger partial charge is 0.308 e. The number of nitrogens with one attached hydrogen (secondary N) is 2. The van der Waals surface area contributed by atoms with E-state index in [0.29, 0.717) is 6.61 Å². The first-order valence-electron chi connectivity index (χ1n) is 7.94. The molecule has 0 unspecified atom stereocenters. The second kappa shape index (κ2) is 10.1. The van der Waals surface area contributed by atoms with Gasteiger partial charge in [0.25, 0.3) is 0 Å². The summed E-state index contributed by atoms with van der Waals surface area (Å²) < 4.78 is 5.05. The van der Waals surface area contributed by atoms with Crippen LogP contribution in [0.25, 0.3) is 0 Å². The third-order valence-corrected chi connectivity index (χ3v) is 3.94. The SMILES string of the molecule is CCOC(=O)C1CCC(NC(=O)CNc2ccccc2)CC1.Cl. The molecular weight excluding hydrogens is 316 g/mol. The zero-order valence-corrected chi connectivity index (χ0v) is 14.2. The van der Waals surface area contributed by atoms with Gasteiger partial charge in [0.05, 0.1) is 19.1 Å². The zero-order valence-electron chi connectivity index (χ0n) is 13.4. The number of para-hydroxylation sites is 1. The highest BCUT2D eigenvalue weighted by molar-refractivity contribution is 5.85. The van der Waals surface area contributed by atoms with Crippen LogP contribution in [0.2, 0.25) is 0 Å². The molecule has 2 N–H and O–H groups in total. The van der Waals surface area contributed by atoms with E-state index in [9.17, 15) is 9.59 Å². The summed E-state index contributed by atoms with van der Waals surface area (Å²) in [6.45, 7) is 2.52. The van der Waals surface area contributed by atoms with E-state index >= 15 is 0 Å². The molecule has 0 heterocycles. The van der Waals surface area contributed by atoms with Crippen molar-refractivity contribution < 1.29 is 14.3 Å². The Morgan fingerprint density at radius 3 is 2.39 bits per heavy atom. The number of carbonyl (C=O) groups is 2. The number of rotatable bonds is 6. The van der Waals surface area contributed by atoms with Gasteiger partial charge in [-0.2, -0.15) is 0 Å². The van der Waals surface area contributed by atoms with E-state index in [1.807, 2.05) is 37.3 Å². The maximum absolute atomic E-state index is 11.9. The van der Waals surface area contributed by atoms with Crippen molar-refractivity contribution in [3.63, 3.8) is 0 Å². The fourth-order valence-electron chi connectivity index (χ4n) is 2.75. The predicted octanol–water partition coefficient (Wildman–Crippen LogP) is 2.76. The minimum absolute atomic E-state index is 0. The van der Waals surface area contributed by atoms with Gasteiger partial charge in [-0.1, -0.05) is 18.2 Å². The molecule has 1 saturated carbocycles. The van der Waals surface area contributed by atoms with Crippen molar-refractivity contribution in [1.82, 2.24) is 5.32 Å². The third-order valence-electron chi connectivity index (χ3n) is 3.94. The van der Waals surface area contributed by atoms with Crippen LogP contribution in [-0.2, 0) is 14.3 Å². The summed E-state index contributed by atoms with van der Waals surface area (Å²) in [6, 6.07) is 9.81. The van der Waals surface area contributed by atoms with Crippen molar-refractivity contribution in [3.05, 3.63) is 30.3 Å². The van der Waals surface area contributed by atoms with Crippen LogP contribution in [0.15, 0.2) is 30.3 Å². The van der Waals surface area contributed by atoms with Gasteiger partial charge in [-0.15, -0.1) is 12.4 Å². The molecule has 0 bridgehead atoms. The average Bonchev–Trinajstić information content (AvgIpc) is 2.55. The molecule has 0 saturated heterocycles. The van der Waals surface area contributed by atoms with Crippen LogP contribution < -0.4 is 10.6 Å². The normalized spacial score (nSPS) is 20.0. The fourth-order valence-corrected chi connectivity index (χ4v) is 2.75. The molecule has 1 amide bonds. The number of halogens is 1. The maximum atomic E-state index is 11.9. The average molecular weight is 341 g/mol. The second-order valence-electron chi connectivity index (χ2n) is 5.59. The quantitative estimate of drug-likeness (QED) is 0.781. The summed E-state index contributed by atoms with van der Waals surface area (Å²) in [5, 5.41) is 6.12. The maximum Gasteiger partial charge on any atom is 0.308 e. The standard InChI is InChI=1S/C17H24N2O3.ClH/c1-2-22-17(21)13-8-10-15(11-9-13)19-16(20)12-18-14-6-4-3-5-7-14;/h3-7,13,15,18H,2,8-12H2,1H3,(H,19,20);1H. The largest absolute Gasteiger partial charge is 0.466 e. The minimum Gasteiger partial charge on any atom is -0.466 e. The first kappa shape index (κ1) is 19.3. The molecule has 0 aliphatic heterocycles. The Bertz CT molecular complexity index is 488. The zero-order chi connectivity index (χ0) is 15.8. The van der Waals surface area contributed by atoms with Gasteiger partial charge < -0.3 is 15.4 Å². The minimum atomic E-state index is -0.0991. The van der Waals surface area contributed by atoms with Crippen molar-refractivity contribution >= 4 is 30.0 Å². The summed E-state index contributed by atoms with van der Waals surface area (Å²) in [7, 11) is 0. The Morgan fingerprint density at radius 2 is 1.78 bits per heavy atom. The number of esters is 1. The lowest BCUT2D eigenvalue weighted by Crippen LogP contribution is -2.41. The van der Waals surface area contributed by atoms with Gasteiger partial charge in [-0.05, 0) is 44.7 Å². The van der Waals surface area contributed by atoms with Gasteiger partial charge in [0.2, 0.25) is 5.91 Å². The van der Waals surface area contributed by atoms with Gasteiger partial charge in [0, 0.05) is 11.7 Å². The molecule has 1 aliphatic carbocycles. The Morgan fingerprint density at radius 1 is 1.13 bits per heavy atom. The second-order valence-corrected chi connectivity index (χ2v) is 5.59. The molecule has 23 heavy (non-hydrogen) atoms. The van der Waals surface area contributed by atoms with E-state index in [2.05, 4.69) is 10.6 Å². The molecule has 0 atom stereocenters. The highest BCUT2D eigenvalue weighted by atomic mass is 35.5. The number of hydrogen-bond donors (Lipinski definition) is 2. The first-order valence-corrected chi connectivity index (χ1v) is 7.94. The molecule has 0 aromatic heterocycles. The van der Waals surface area contributed by atoms with Gasteiger partial charge in [-0.25, -0.2) is 0 Å². The third kappa shape index (κ3) is 6.48. The summed E-state index contributed by atoms with van der Waals surface area (Å²) in [5.41, 5.74) is 0.934. The predicted molar refractivity (Wildman–Crippen MR) is 92.7 cm³/mol. The van der Waals surface area contributed by atoms with Crippen LogP contribution in [0.4, 0.5) is 5.69 Å². The Kier molecular flexibility index (Phi) is 8.48. The summed E-state index contributed by atoms with van der Waals surface area (Å²) >= 11 is 0. The molecule has 1 aromatic carbocycles. The molecule has 1 aliphatic rings. The van der Waals surface area contributed by atoms with Crippen LogP contribution in [0.5, 0.6) is 0 Å². The lowest BCUT2D eigenvalue weighted by molar-refractivity contribution is -0.149. The van der Waals surface area contributed by atoms with Gasteiger partial charge >= 0.3 is 5.97 Å². The monoisotopic (exact) mass is 340 g/mol. The van der Waals surface area contributed by atoms with Gasteiger partial charge in [0.15, 0.2) is 0 Å². The van der Waals surface area contributed by atoms with Crippen LogP contribution in [0, 0.1) is 5.92 Å². The number of ether oxygens (including phenoxy) is 1. The molecular formula is C17H25ClN2O3. The lowest BCUT2D eigenvalue weighted by Gasteiger charge is -2.27. The van der Waals surface area contributed by atoms with E-state index in [0.717, 1.165) is 31.4 Å². The summed E-state index contributed by atoms with van der Waals surface area (Å²) in [5.74, 6) is -0.114.